The summed E-state index contributed by atoms with van der Waals surface area (Å²) < 4.78 is 6.98. The van der Waals surface area contributed by atoms with Crippen molar-refractivity contribution in [2.45, 2.75) is 39.4 Å². The highest BCUT2D eigenvalue weighted by molar-refractivity contribution is 7.22. The lowest BCUT2D eigenvalue weighted by atomic mass is 9.91. The number of aromatic amines is 1. The Hall–Kier alpha value is -4.37. The highest BCUT2D eigenvalue weighted by Gasteiger charge is 2.32. The lowest BCUT2D eigenvalue weighted by Crippen LogP contribution is -2.28. The molecule has 9 heteroatoms. The summed E-state index contributed by atoms with van der Waals surface area (Å²) in [6.45, 7) is 7.44. The standard InChI is InChI=1S/C34H28ClN3O4S/c1-18-15-26-31(29(19-5-9-23(35)10-6-19)28(18)30(33(40)41)42-34(2,3)4)43-32(38-26)22-13-14-36-25(17-22)21-7-11-24-20(16-21)8-12-27(39)37-24/h5-17,30H,1-4H3,(H,37,39)(H,40,41). The van der Waals surface area contributed by atoms with Crippen LogP contribution >= 0.6 is 22.9 Å². The van der Waals surface area contributed by atoms with Gasteiger partial charge in [-0.1, -0.05) is 29.8 Å². The molecule has 216 valence electrons. The van der Waals surface area contributed by atoms with Crippen molar-refractivity contribution in [2.24, 2.45) is 0 Å². The van der Waals surface area contributed by atoms with Gasteiger partial charge in [-0.2, -0.15) is 0 Å². The largest absolute Gasteiger partial charge is 0.479 e. The number of hydrogen-bond donors (Lipinski definition) is 2. The molecule has 6 rings (SSSR count). The number of halogens is 1. The van der Waals surface area contributed by atoms with Gasteiger partial charge >= 0.3 is 5.97 Å². The van der Waals surface area contributed by atoms with Crippen molar-refractivity contribution < 1.29 is 14.6 Å². The molecule has 43 heavy (non-hydrogen) atoms. The fourth-order valence-electron chi connectivity index (χ4n) is 5.20. The predicted molar refractivity (Wildman–Crippen MR) is 173 cm³/mol. The predicted octanol–water partition coefficient (Wildman–Crippen LogP) is 8.44. The number of aliphatic carboxylic acids is 1. The fourth-order valence-corrected chi connectivity index (χ4v) is 6.44. The number of nitrogens with zero attached hydrogens (tertiary/aromatic N) is 2. The highest BCUT2D eigenvalue weighted by Crippen LogP contribution is 2.44. The van der Waals surface area contributed by atoms with Crippen molar-refractivity contribution in [2.75, 3.05) is 0 Å². The molecule has 0 bridgehead atoms. The molecule has 1 unspecified atom stereocenters. The van der Waals surface area contributed by atoms with Crippen LogP contribution in [0.4, 0.5) is 0 Å². The van der Waals surface area contributed by atoms with E-state index >= 15 is 0 Å². The average molecular weight is 610 g/mol. The van der Waals surface area contributed by atoms with E-state index in [-0.39, 0.29) is 5.56 Å². The summed E-state index contributed by atoms with van der Waals surface area (Å²) in [4.78, 5) is 36.8. The molecule has 3 aromatic carbocycles. The Morgan fingerprint density at radius 3 is 2.44 bits per heavy atom. The third-order valence-corrected chi connectivity index (χ3v) is 8.43. The topological polar surface area (TPSA) is 105 Å². The number of ether oxygens (including phenoxy) is 1. The van der Waals surface area contributed by atoms with Gasteiger partial charge in [0.1, 0.15) is 5.01 Å². The van der Waals surface area contributed by atoms with Crippen LogP contribution in [0.3, 0.4) is 0 Å². The number of carboxylic acid groups (broad SMARTS) is 1. The Kier molecular flexibility index (Phi) is 7.38. The van der Waals surface area contributed by atoms with Gasteiger partial charge in [0.2, 0.25) is 5.56 Å². The maximum atomic E-state index is 12.6. The smallest absolute Gasteiger partial charge is 0.337 e. The minimum absolute atomic E-state index is 0.146. The highest BCUT2D eigenvalue weighted by atomic mass is 35.5. The van der Waals surface area contributed by atoms with Gasteiger partial charge in [-0.25, -0.2) is 9.78 Å². The summed E-state index contributed by atoms with van der Waals surface area (Å²) in [7, 11) is 0. The Bertz CT molecular complexity index is 2080. The molecule has 7 nitrogen and oxygen atoms in total. The molecule has 0 saturated carbocycles. The molecule has 0 fully saturated rings. The summed E-state index contributed by atoms with van der Waals surface area (Å²) in [5, 5.41) is 12.6. The molecular weight excluding hydrogens is 582 g/mol. The Morgan fingerprint density at radius 2 is 1.72 bits per heavy atom. The zero-order chi connectivity index (χ0) is 30.5. The zero-order valence-electron chi connectivity index (χ0n) is 23.9. The van der Waals surface area contributed by atoms with Gasteiger partial charge in [0, 0.05) is 45.1 Å². The van der Waals surface area contributed by atoms with Gasteiger partial charge in [-0.3, -0.25) is 9.78 Å². The first kappa shape index (κ1) is 28.7. The van der Waals surface area contributed by atoms with E-state index in [0.29, 0.717) is 10.6 Å². The van der Waals surface area contributed by atoms with Gasteiger partial charge < -0.3 is 14.8 Å². The van der Waals surface area contributed by atoms with Crippen molar-refractivity contribution in [3.8, 4) is 33.0 Å². The van der Waals surface area contributed by atoms with E-state index in [2.05, 4.69) is 9.97 Å². The number of nitrogens with one attached hydrogen (secondary N) is 1. The van der Waals surface area contributed by atoms with Crippen LogP contribution in [0.15, 0.2) is 83.8 Å². The van der Waals surface area contributed by atoms with E-state index in [1.54, 1.807) is 24.4 Å². The van der Waals surface area contributed by atoms with Gasteiger partial charge in [-0.05, 0) is 92.7 Å². The average Bonchev–Trinajstić information content (AvgIpc) is 3.39. The molecule has 0 amide bonds. The Morgan fingerprint density at radius 1 is 0.977 bits per heavy atom. The first-order valence-electron chi connectivity index (χ1n) is 13.7. The summed E-state index contributed by atoms with van der Waals surface area (Å²) >= 11 is 7.72. The molecule has 6 aromatic rings. The number of carbonyl (C=O) groups is 1. The van der Waals surface area contributed by atoms with Gasteiger partial charge in [0.05, 0.1) is 21.5 Å². The number of fused-ring (bicyclic) bond motifs is 2. The van der Waals surface area contributed by atoms with E-state index in [1.807, 2.05) is 76.2 Å². The second-order valence-corrected chi connectivity index (χ2v) is 12.8. The summed E-state index contributed by atoms with van der Waals surface area (Å²) in [6, 6.07) is 22.3. The molecule has 1 atom stereocenters. The molecule has 2 N–H and O–H groups in total. The summed E-state index contributed by atoms with van der Waals surface area (Å²) in [5.41, 5.74) is 6.21. The van der Waals surface area contributed by atoms with E-state index in [9.17, 15) is 14.7 Å². The van der Waals surface area contributed by atoms with Gasteiger partial charge in [0.25, 0.3) is 0 Å². The minimum atomic E-state index is -1.18. The maximum Gasteiger partial charge on any atom is 0.337 e. The number of benzene rings is 3. The minimum Gasteiger partial charge on any atom is -0.479 e. The first-order valence-corrected chi connectivity index (χ1v) is 14.9. The summed E-state index contributed by atoms with van der Waals surface area (Å²) in [6.07, 6.45) is 0.568. The quantitative estimate of drug-likeness (QED) is 0.196. The first-order chi connectivity index (χ1) is 20.5. The lowest BCUT2D eigenvalue weighted by Gasteiger charge is -2.28. The molecule has 0 radical (unpaired) electrons. The van der Waals surface area contributed by atoms with Crippen LogP contribution in [0.5, 0.6) is 0 Å². The van der Waals surface area contributed by atoms with Crippen molar-refractivity contribution in [3.63, 3.8) is 0 Å². The number of pyridine rings is 2. The molecule has 0 spiro atoms. The number of aromatic nitrogens is 3. The molecule has 0 aliphatic rings. The normalized spacial score (nSPS) is 12.6. The molecule has 3 aromatic heterocycles. The third-order valence-electron chi connectivity index (χ3n) is 7.04. The van der Waals surface area contributed by atoms with E-state index < -0.39 is 17.7 Å². The Labute approximate surface area is 256 Å². The maximum absolute atomic E-state index is 12.6. The molecule has 0 aliphatic heterocycles. The van der Waals surface area contributed by atoms with Crippen LogP contribution < -0.4 is 5.56 Å². The Balaban J connectivity index is 1.52. The van der Waals surface area contributed by atoms with Crippen LogP contribution in [0, 0.1) is 6.92 Å². The molecule has 3 heterocycles. The molecular formula is C34H28ClN3O4S. The second kappa shape index (κ2) is 11.0. The number of H-pyrrole nitrogens is 1. The number of hydrogen-bond acceptors (Lipinski definition) is 6. The van der Waals surface area contributed by atoms with E-state index in [0.717, 1.165) is 59.6 Å². The fraction of sp³-hybridized carbons (Fsp3) is 0.176. The monoisotopic (exact) mass is 609 g/mol. The van der Waals surface area contributed by atoms with Crippen molar-refractivity contribution in [1.29, 1.82) is 0 Å². The third kappa shape index (κ3) is 5.82. The molecule has 0 aliphatic carbocycles. The molecule has 0 saturated heterocycles. The second-order valence-electron chi connectivity index (χ2n) is 11.4. The number of thiazole rings is 1. The summed E-state index contributed by atoms with van der Waals surface area (Å²) in [5.74, 6) is -1.06. The van der Waals surface area contributed by atoms with E-state index in [1.165, 1.54) is 17.4 Å². The lowest BCUT2D eigenvalue weighted by molar-refractivity contribution is -0.160. The number of rotatable bonds is 6. The van der Waals surface area contributed by atoms with Crippen molar-refractivity contribution in [3.05, 3.63) is 105 Å². The SMILES string of the molecule is Cc1cc2nc(-c3ccnc(-c4ccc5[nH]c(=O)ccc5c4)c3)sc2c(-c2ccc(Cl)cc2)c1C(OC(C)(C)C)C(=O)O. The number of carboxylic acids is 1. The van der Waals surface area contributed by atoms with Crippen LogP contribution in [0.1, 0.15) is 38.0 Å². The van der Waals surface area contributed by atoms with E-state index in [4.69, 9.17) is 21.3 Å². The van der Waals surface area contributed by atoms with Crippen molar-refractivity contribution in [1.82, 2.24) is 15.0 Å². The van der Waals surface area contributed by atoms with Crippen LogP contribution in [0.2, 0.25) is 5.02 Å². The number of aryl methyl sites for hydroxylation is 1. The van der Waals surface area contributed by atoms with Gasteiger partial charge in [-0.15, -0.1) is 11.3 Å². The van der Waals surface area contributed by atoms with Crippen LogP contribution in [-0.4, -0.2) is 31.6 Å². The van der Waals surface area contributed by atoms with Gasteiger partial charge in [0.15, 0.2) is 6.10 Å². The van der Waals surface area contributed by atoms with Crippen molar-refractivity contribution >= 4 is 50.0 Å². The van der Waals surface area contributed by atoms with Crippen LogP contribution in [-0.2, 0) is 9.53 Å². The van der Waals surface area contributed by atoms with Crippen LogP contribution in [0.25, 0.3) is 54.1 Å². The zero-order valence-corrected chi connectivity index (χ0v) is 25.5.